The number of benzene rings is 1. The molecule has 1 aromatic heterocycles. The van der Waals surface area contributed by atoms with Crippen LogP contribution in [0.2, 0.25) is 5.02 Å². The van der Waals surface area contributed by atoms with Crippen molar-refractivity contribution in [3.63, 3.8) is 0 Å². The zero-order valence-electron chi connectivity index (χ0n) is 13.2. The van der Waals surface area contributed by atoms with Gasteiger partial charge in [0, 0.05) is 18.1 Å². The maximum atomic E-state index is 11.7. The van der Waals surface area contributed by atoms with Crippen LogP contribution in [0.5, 0.6) is 0 Å². The highest BCUT2D eigenvalue weighted by atomic mass is 35.5. The summed E-state index contributed by atoms with van der Waals surface area (Å²) in [6.07, 6.45) is 2.12. The number of likely N-dealkylation sites (tertiary alicyclic amines) is 1. The fourth-order valence-corrected chi connectivity index (χ4v) is 4.40. The van der Waals surface area contributed by atoms with Crippen molar-refractivity contribution in [1.29, 1.82) is 0 Å². The first-order valence-corrected chi connectivity index (χ1v) is 8.68. The Hall–Kier alpha value is -1.63. The molecule has 1 aliphatic carbocycles. The van der Waals surface area contributed by atoms with Crippen molar-refractivity contribution in [2.24, 2.45) is 11.8 Å². The number of imidazole rings is 1. The summed E-state index contributed by atoms with van der Waals surface area (Å²) in [4.78, 5) is 18.4. The number of carboxylic acid groups (broad SMARTS) is 1. The van der Waals surface area contributed by atoms with E-state index in [1.807, 2.05) is 15.5 Å². The number of halogens is 1. The Morgan fingerprint density at radius 2 is 2.21 bits per heavy atom. The van der Waals surface area contributed by atoms with Crippen molar-refractivity contribution in [3.8, 4) is 0 Å². The van der Waals surface area contributed by atoms with Crippen molar-refractivity contribution in [1.82, 2.24) is 14.5 Å². The second-order valence-corrected chi connectivity index (χ2v) is 7.19. The second kappa shape index (κ2) is 6.02. The van der Waals surface area contributed by atoms with Gasteiger partial charge in [0.15, 0.2) is 0 Å². The van der Waals surface area contributed by atoms with Gasteiger partial charge in [0.1, 0.15) is 11.9 Å². The molecule has 24 heavy (non-hydrogen) atoms. The molecule has 1 aromatic carbocycles. The quantitative estimate of drug-likeness (QED) is 0.863. The number of carbonyl (C=O) groups is 1. The first-order valence-electron chi connectivity index (χ1n) is 8.31. The summed E-state index contributed by atoms with van der Waals surface area (Å²) < 4.78 is 1.96. The van der Waals surface area contributed by atoms with Gasteiger partial charge >= 0.3 is 5.97 Å². The van der Waals surface area contributed by atoms with Crippen LogP contribution in [0.1, 0.15) is 18.7 Å². The van der Waals surface area contributed by atoms with Crippen LogP contribution in [-0.2, 0) is 17.9 Å². The van der Waals surface area contributed by atoms with Gasteiger partial charge in [-0.05, 0) is 42.9 Å². The van der Waals surface area contributed by atoms with Crippen molar-refractivity contribution >= 4 is 28.6 Å². The second-order valence-electron chi connectivity index (χ2n) is 6.75. The van der Waals surface area contributed by atoms with E-state index < -0.39 is 12.0 Å². The molecule has 0 radical (unpaired) electrons. The van der Waals surface area contributed by atoms with Gasteiger partial charge in [0.2, 0.25) is 0 Å². The molecule has 0 spiro atoms. The largest absolute Gasteiger partial charge is 0.480 e. The van der Waals surface area contributed by atoms with Crippen LogP contribution in [0.25, 0.3) is 11.0 Å². The predicted octanol–water partition coefficient (Wildman–Crippen LogP) is 1.98. The first kappa shape index (κ1) is 15.9. The average molecular weight is 350 g/mol. The SMILES string of the molecule is O=C(O)[C@H]1[C@H]2CC[C@H]2CN1Cc1nc2cc(Cl)ccc2n1CCO. The number of nitrogens with zero attached hydrogens (tertiary/aromatic N) is 3. The van der Waals surface area contributed by atoms with Gasteiger partial charge in [-0.3, -0.25) is 9.69 Å². The minimum atomic E-state index is -0.741. The molecule has 1 saturated carbocycles. The average Bonchev–Trinajstić information content (AvgIpc) is 2.96. The molecule has 3 atom stereocenters. The van der Waals surface area contributed by atoms with E-state index >= 15 is 0 Å². The number of aliphatic carboxylic acids is 1. The zero-order chi connectivity index (χ0) is 16.8. The molecule has 2 aromatic rings. The topological polar surface area (TPSA) is 78.6 Å². The lowest BCUT2D eigenvalue weighted by atomic mass is 9.73. The Kier molecular flexibility index (Phi) is 3.98. The van der Waals surface area contributed by atoms with Crippen molar-refractivity contribution in [3.05, 3.63) is 29.0 Å². The molecule has 2 N–H and O–H groups in total. The molecule has 0 unspecified atom stereocenters. The number of hydrogen-bond acceptors (Lipinski definition) is 4. The molecular weight excluding hydrogens is 330 g/mol. The van der Waals surface area contributed by atoms with E-state index in [9.17, 15) is 15.0 Å². The normalized spacial score (nSPS) is 26.5. The Morgan fingerprint density at radius 3 is 2.88 bits per heavy atom. The fourth-order valence-electron chi connectivity index (χ4n) is 4.23. The number of hydrogen-bond donors (Lipinski definition) is 2. The molecular formula is C17H20ClN3O3. The lowest BCUT2D eigenvalue weighted by molar-refractivity contribution is -0.144. The van der Waals surface area contributed by atoms with Crippen LogP contribution in [0.3, 0.4) is 0 Å². The highest BCUT2D eigenvalue weighted by molar-refractivity contribution is 6.31. The van der Waals surface area contributed by atoms with Crippen molar-refractivity contribution < 1.29 is 15.0 Å². The number of carboxylic acids is 1. The molecule has 2 fully saturated rings. The van der Waals surface area contributed by atoms with Crippen LogP contribution in [-0.4, -0.2) is 49.8 Å². The molecule has 1 saturated heterocycles. The van der Waals surface area contributed by atoms with Crippen molar-refractivity contribution in [2.75, 3.05) is 13.2 Å². The summed E-state index contributed by atoms with van der Waals surface area (Å²) in [5, 5.41) is 19.6. The van der Waals surface area contributed by atoms with Crippen molar-refractivity contribution in [2.45, 2.75) is 32.0 Å². The number of rotatable bonds is 5. The van der Waals surface area contributed by atoms with Crippen LogP contribution in [0.15, 0.2) is 18.2 Å². The maximum Gasteiger partial charge on any atom is 0.321 e. The van der Waals surface area contributed by atoms with Gasteiger partial charge in [0.05, 0.1) is 24.2 Å². The minimum Gasteiger partial charge on any atom is -0.480 e. The van der Waals surface area contributed by atoms with Gasteiger partial charge in [-0.2, -0.15) is 0 Å². The van der Waals surface area contributed by atoms with Gasteiger partial charge < -0.3 is 14.8 Å². The molecule has 0 bridgehead atoms. The summed E-state index contributed by atoms with van der Waals surface area (Å²) in [5.41, 5.74) is 1.69. The molecule has 2 heterocycles. The standard InChI is InChI=1S/C17H20ClN3O3/c18-11-2-4-14-13(7-11)19-15(21(14)5-6-22)9-20-8-10-1-3-12(10)16(20)17(23)24/h2,4,7,10,12,16,22H,1,3,5-6,8-9H2,(H,23,24)/t10-,12-,16+/m0/s1. The molecule has 7 heteroatoms. The van der Waals surface area contributed by atoms with Gasteiger partial charge in [-0.15, -0.1) is 0 Å². The van der Waals surface area contributed by atoms with Crippen LogP contribution >= 0.6 is 11.6 Å². The zero-order valence-corrected chi connectivity index (χ0v) is 14.0. The van der Waals surface area contributed by atoms with Gasteiger partial charge in [-0.1, -0.05) is 11.6 Å². The third-order valence-corrected chi connectivity index (χ3v) is 5.69. The summed E-state index contributed by atoms with van der Waals surface area (Å²) in [7, 11) is 0. The minimum absolute atomic E-state index is 0.00863. The Labute approximate surface area is 144 Å². The first-order chi connectivity index (χ1) is 11.6. The smallest absolute Gasteiger partial charge is 0.321 e. The molecule has 2 aliphatic rings. The van der Waals surface area contributed by atoms with E-state index in [0.717, 1.165) is 36.2 Å². The van der Waals surface area contributed by atoms with Gasteiger partial charge in [0.25, 0.3) is 0 Å². The highest BCUT2D eigenvalue weighted by Gasteiger charge is 2.50. The van der Waals surface area contributed by atoms with E-state index in [-0.39, 0.29) is 12.5 Å². The lowest BCUT2D eigenvalue weighted by Crippen LogP contribution is -2.41. The van der Waals surface area contributed by atoms with Crippen LogP contribution < -0.4 is 0 Å². The summed E-state index contributed by atoms with van der Waals surface area (Å²) >= 11 is 6.05. The summed E-state index contributed by atoms with van der Waals surface area (Å²) in [6.45, 7) is 1.74. The Balaban J connectivity index is 1.68. The number of aliphatic hydroxyl groups excluding tert-OH is 1. The Bertz CT molecular complexity index is 791. The van der Waals surface area contributed by atoms with Crippen LogP contribution in [0, 0.1) is 11.8 Å². The maximum absolute atomic E-state index is 11.7. The predicted molar refractivity (Wildman–Crippen MR) is 89.9 cm³/mol. The van der Waals surface area contributed by atoms with E-state index in [1.165, 1.54) is 0 Å². The number of aliphatic hydroxyl groups is 1. The summed E-state index contributed by atoms with van der Waals surface area (Å²) in [5.74, 6) is 0.813. The van der Waals surface area contributed by atoms with Gasteiger partial charge in [-0.25, -0.2) is 4.98 Å². The number of aromatic nitrogens is 2. The van der Waals surface area contributed by atoms with E-state index in [4.69, 9.17) is 11.6 Å². The number of fused-ring (bicyclic) bond motifs is 2. The van der Waals surface area contributed by atoms with Crippen LogP contribution in [0.4, 0.5) is 0 Å². The monoisotopic (exact) mass is 349 g/mol. The van der Waals surface area contributed by atoms with E-state index in [0.29, 0.717) is 24.0 Å². The third kappa shape index (κ3) is 2.49. The third-order valence-electron chi connectivity index (χ3n) is 5.45. The molecule has 1 aliphatic heterocycles. The van der Waals surface area contributed by atoms with E-state index in [1.54, 1.807) is 12.1 Å². The molecule has 6 nitrogen and oxygen atoms in total. The fraction of sp³-hybridized carbons (Fsp3) is 0.529. The lowest BCUT2D eigenvalue weighted by Gasteiger charge is -2.31. The molecule has 0 amide bonds. The molecule has 4 rings (SSSR count). The Morgan fingerprint density at radius 1 is 1.38 bits per heavy atom. The highest BCUT2D eigenvalue weighted by Crippen LogP contribution is 2.45. The molecule has 128 valence electrons. The summed E-state index contributed by atoms with van der Waals surface area (Å²) in [6, 6.07) is 5.08. The van der Waals surface area contributed by atoms with E-state index in [2.05, 4.69) is 4.98 Å².